The molecule has 7 heteroatoms. The third-order valence-corrected chi connectivity index (χ3v) is 4.92. The summed E-state index contributed by atoms with van der Waals surface area (Å²) >= 11 is 0. The maximum Gasteiger partial charge on any atom is 0.343 e. The minimum Gasteiger partial charge on any atom is -0.494 e. The summed E-state index contributed by atoms with van der Waals surface area (Å²) in [4.78, 5) is 24.6. The number of ether oxygens (including phenoxy) is 3. The number of esters is 1. The molecule has 7 nitrogen and oxygen atoms in total. The average Bonchev–Trinajstić information content (AvgIpc) is 2.89. The molecule has 1 N–H and O–H groups in total. The van der Waals surface area contributed by atoms with Crippen molar-refractivity contribution in [1.29, 1.82) is 0 Å². The van der Waals surface area contributed by atoms with Gasteiger partial charge in [-0.15, -0.1) is 0 Å². The van der Waals surface area contributed by atoms with Gasteiger partial charge in [-0.1, -0.05) is 20.3 Å². The summed E-state index contributed by atoms with van der Waals surface area (Å²) < 4.78 is 16.5. The zero-order chi connectivity index (χ0) is 24.9. The van der Waals surface area contributed by atoms with Gasteiger partial charge in [-0.05, 0) is 91.2 Å². The summed E-state index contributed by atoms with van der Waals surface area (Å²) in [6, 6.07) is 20.6. The summed E-state index contributed by atoms with van der Waals surface area (Å²) in [5, 5.41) is 3.99. The van der Waals surface area contributed by atoms with Crippen molar-refractivity contribution in [2.75, 3.05) is 13.2 Å². The molecule has 0 saturated heterocycles. The van der Waals surface area contributed by atoms with E-state index in [2.05, 4.69) is 17.5 Å². The summed E-state index contributed by atoms with van der Waals surface area (Å²) in [5.74, 6) is 1.08. The van der Waals surface area contributed by atoms with Gasteiger partial charge in [-0.25, -0.2) is 10.2 Å². The Balaban J connectivity index is 1.47. The van der Waals surface area contributed by atoms with Crippen molar-refractivity contribution in [2.24, 2.45) is 5.10 Å². The van der Waals surface area contributed by atoms with Gasteiger partial charge in [0.25, 0.3) is 5.91 Å². The first-order valence-corrected chi connectivity index (χ1v) is 11.7. The van der Waals surface area contributed by atoms with Gasteiger partial charge >= 0.3 is 5.97 Å². The van der Waals surface area contributed by atoms with Crippen LogP contribution in [0.15, 0.2) is 77.9 Å². The highest BCUT2D eigenvalue weighted by Crippen LogP contribution is 2.17. The van der Waals surface area contributed by atoms with Crippen LogP contribution in [-0.4, -0.2) is 31.3 Å². The molecule has 35 heavy (non-hydrogen) atoms. The Morgan fingerprint density at radius 3 is 1.91 bits per heavy atom. The topological polar surface area (TPSA) is 86.2 Å². The van der Waals surface area contributed by atoms with Crippen molar-refractivity contribution < 1.29 is 23.8 Å². The van der Waals surface area contributed by atoms with Crippen LogP contribution in [0.3, 0.4) is 0 Å². The highest BCUT2D eigenvalue weighted by Gasteiger charge is 2.09. The largest absolute Gasteiger partial charge is 0.494 e. The maximum absolute atomic E-state index is 12.3. The molecule has 0 radical (unpaired) electrons. The van der Waals surface area contributed by atoms with Gasteiger partial charge in [0.15, 0.2) is 0 Å². The lowest BCUT2D eigenvalue weighted by Crippen LogP contribution is -2.17. The molecule has 0 atom stereocenters. The van der Waals surface area contributed by atoms with Crippen molar-refractivity contribution in [3.63, 3.8) is 0 Å². The Morgan fingerprint density at radius 1 is 0.743 bits per heavy atom. The predicted octanol–water partition coefficient (Wildman–Crippen LogP) is 5.64. The lowest BCUT2D eigenvalue weighted by atomic mass is 10.2. The molecule has 0 aromatic heterocycles. The third-order valence-electron chi connectivity index (χ3n) is 4.92. The first-order chi connectivity index (χ1) is 17.1. The molecule has 0 aliphatic rings. The lowest BCUT2D eigenvalue weighted by Gasteiger charge is -2.07. The number of hydrazone groups is 1. The van der Waals surface area contributed by atoms with Gasteiger partial charge in [-0.2, -0.15) is 5.10 Å². The van der Waals surface area contributed by atoms with Crippen LogP contribution < -0.4 is 19.6 Å². The van der Waals surface area contributed by atoms with Crippen LogP contribution in [0.4, 0.5) is 0 Å². The van der Waals surface area contributed by atoms with Crippen molar-refractivity contribution >= 4 is 18.1 Å². The molecule has 0 bridgehead atoms. The Morgan fingerprint density at radius 2 is 1.31 bits per heavy atom. The van der Waals surface area contributed by atoms with Crippen molar-refractivity contribution in [1.82, 2.24) is 5.43 Å². The highest BCUT2D eigenvalue weighted by atomic mass is 16.5. The van der Waals surface area contributed by atoms with Gasteiger partial charge < -0.3 is 14.2 Å². The van der Waals surface area contributed by atoms with Crippen LogP contribution >= 0.6 is 0 Å². The number of rotatable bonds is 12. The molecule has 0 aliphatic heterocycles. The number of carbonyl (C=O) groups excluding carboxylic acids is 2. The number of amides is 1. The van der Waals surface area contributed by atoms with Crippen LogP contribution in [0.1, 0.15) is 59.4 Å². The second kappa shape index (κ2) is 13.5. The van der Waals surface area contributed by atoms with Crippen LogP contribution in [0.25, 0.3) is 0 Å². The Hall–Kier alpha value is -4.13. The normalized spacial score (nSPS) is 10.7. The zero-order valence-corrected chi connectivity index (χ0v) is 20.0. The van der Waals surface area contributed by atoms with Gasteiger partial charge in [0.05, 0.1) is 25.0 Å². The van der Waals surface area contributed by atoms with E-state index in [0.717, 1.165) is 30.6 Å². The van der Waals surface area contributed by atoms with Gasteiger partial charge in [0.2, 0.25) is 0 Å². The SMILES string of the molecule is CCCCOc1ccc(C(=O)N/N=C\c2ccc(OC(=O)c3ccc(OCCC)cc3)cc2)cc1. The van der Waals surface area contributed by atoms with E-state index in [0.29, 0.717) is 35.8 Å². The summed E-state index contributed by atoms with van der Waals surface area (Å²) in [6.07, 6.45) is 4.49. The van der Waals surface area contributed by atoms with Gasteiger partial charge in [0, 0.05) is 5.56 Å². The van der Waals surface area contributed by atoms with E-state index in [1.807, 2.05) is 6.92 Å². The summed E-state index contributed by atoms with van der Waals surface area (Å²) in [6.45, 7) is 5.42. The number of benzene rings is 3. The van der Waals surface area contributed by atoms with Crippen LogP contribution in [-0.2, 0) is 0 Å². The molecule has 0 saturated carbocycles. The smallest absolute Gasteiger partial charge is 0.343 e. The zero-order valence-electron chi connectivity index (χ0n) is 20.0. The first-order valence-electron chi connectivity index (χ1n) is 11.7. The molecule has 0 unspecified atom stereocenters. The number of carbonyl (C=O) groups is 2. The molecular weight excluding hydrogens is 444 g/mol. The minimum atomic E-state index is -0.456. The minimum absolute atomic E-state index is 0.321. The quantitative estimate of drug-likeness (QED) is 0.121. The molecule has 3 aromatic carbocycles. The van der Waals surface area contributed by atoms with Crippen molar-refractivity contribution in [3.8, 4) is 17.2 Å². The van der Waals surface area contributed by atoms with E-state index < -0.39 is 5.97 Å². The summed E-state index contributed by atoms with van der Waals surface area (Å²) in [7, 11) is 0. The Kier molecular flexibility index (Phi) is 9.87. The second-order valence-corrected chi connectivity index (χ2v) is 7.76. The number of unbranched alkanes of at least 4 members (excludes halogenated alkanes) is 1. The van der Waals surface area contributed by atoms with E-state index in [1.165, 1.54) is 6.21 Å². The first kappa shape index (κ1) is 25.5. The molecule has 0 fully saturated rings. The molecule has 182 valence electrons. The molecule has 0 heterocycles. The fraction of sp³-hybridized carbons (Fsp3) is 0.250. The van der Waals surface area contributed by atoms with E-state index in [1.54, 1.807) is 72.8 Å². The number of nitrogens with zero attached hydrogens (tertiary/aromatic N) is 1. The van der Waals surface area contributed by atoms with Crippen molar-refractivity contribution in [2.45, 2.75) is 33.1 Å². The fourth-order valence-electron chi connectivity index (χ4n) is 2.96. The van der Waals surface area contributed by atoms with E-state index in [-0.39, 0.29) is 5.91 Å². The molecular formula is C28H30N2O5. The monoisotopic (exact) mass is 474 g/mol. The number of nitrogens with one attached hydrogen (secondary N) is 1. The van der Waals surface area contributed by atoms with Crippen molar-refractivity contribution in [3.05, 3.63) is 89.5 Å². The standard InChI is InChI=1S/C28H30N2O5/c1-3-5-19-34-25-14-8-22(9-15-25)27(31)30-29-20-21-6-12-26(13-7-21)35-28(32)23-10-16-24(17-11-23)33-18-4-2/h6-17,20H,3-5,18-19H2,1-2H3,(H,30,31)/b29-20-. The van der Waals surface area contributed by atoms with E-state index >= 15 is 0 Å². The number of hydrogen-bond acceptors (Lipinski definition) is 6. The molecule has 0 spiro atoms. The maximum atomic E-state index is 12.3. The summed E-state index contributed by atoms with van der Waals surface area (Å²) in [5.41, 5.74) is 4.15. The molecule has 3 rings (SSSR count). The average molecular weight is 475 g/mol. The number of hydrogen-bond donors (Lipinski definition) is 1. The lowest BCUT2D eigenvalue weighted by molar-refractivity contribution is 0.0734. The van der Waals surface area contributed by atoms with E-state index in [4.69, 9.17) is 14.2 Å². The van der Waals surface area contributed by atoms with E-state index in [9.17, 15) is 9.59 Å². The Labute approximate surface area is 205 Å². The van der Waals surface area contributed by atoms with Crippen LogP contribution in [0.5, 0.6) is 17.2 Å². The third kappa shape index (κ3) is 8.30. The van der Waals surface area contributed by atoms with Gasteiger partial charge in [0.1, 0.15) is 17.2 Å². The van der Waals surface area contributed by atoms with Crippen LogP contribution in [0.2, 0.25) is 0 Å². The second-order valence-electron chi connectivity index (χ2n) is 7.76. The fourth-order valence-corrected chi connectivity index (χ4v) is 2.96. The Bertz CT molecular complexity index is 1110. The predicted molar refractivity (Wildman–Crippen MR) is 136 cm³/mol. The van der Waals surface area contributed by atoms with Gasteiger partial charge in [-0.3, -0.25) is 4.79 Å². The molecule has 0 aliphatic carbocycles. The molecule has 1 amide bonds. The highest BCUT2D eigenvalue weighted by molar-refractivity contribution is 5.95. The molecule has 3 aromatic rings. The van der Waals surface area contributed by atoms with Crippen LogP contribution in [0, 0.1) is 0 Å².